The zero-order valence-corrected chi connectivity index (χ0v) is 14.8. The highest BCUT2D eigenvalue weighted by Crippen LogP contribution is 2.23. The van der Waals surface area contributed by atoms with Gasteiger partial charge in [0.2, 0.25) is 5.91 Å². The van der Waals surface area contributed by atoms with Crippen LogP contribution in [0.1, 0.15) is 20.9 Å². The van der Waals surface area contributed by atoms with Gasteiger partial charge in [0.1, 0.15) is 4.88 Å². The van der Waals surface area contributed by atoms with Gasteiger partial charge in [0.15, 0.2) is 5.13 Å². The van der Waals surface area contributed by atoms with Crippen molar-refractivity contribution in [2.45, 2.75) is 6.92 Å². The first-order valence-corrected chi connectivity index (χ1v) is 8.66. The van der Waals surface area contributed by atoms with Crippen molar-refractivity contribution in [1.29, 1.82) is 0 Å². The van der Waals surface area contributed by atoms with E-state index in [0.29, 0.717) is 21.4 Å². The van der Waals surface area contributed by atoms with Crippen LogP contribution in [-0.4, -0.2) is 21.8 Å². The number of hydrogen-bond donors (Lipinski definition) is 2. The fourth-order valence-electron chi connectivity index (χ4n) is 2.17. The molecule has 3 rings (SSSR count). The summed E-state index contributed by atoms with van der Waals surface area (Å²) >= 11 is 1.13. The maximum absolute atomic E-state index is 12.3. The van der Waals surface area contributed by atoms with Crippen LogP contribution in [0.2, 0.25) is 0 Å². The van der Waals surface area contributed by atoms with Gasteiger partial charge in [0, 0.05) is 12.3 Å². The molecule has 2 aromatic heterocycles. The monoisotopic (exact) mass is 364 g/mol. The third-order valence-corrected chi connectivity index (χ3v) is 4.45. The van der Waals surface area contributed by atoms with Crippen LogP contribution < -0.4 is 10.6 Å². The predicted octanol–water partition coefficient (Wildman–Crippen LogP) is 3.75. The van der Waals surface area contributed by atoms with Crippen LogP contribution in [0.4, 0.5) is 10.8 Å². The number of carbonyl (C=O) groups excluding carboxylic acids is 2. The molecular weight excluding hydrogens is 348 g/mol. The van der Waals surface area contributed by atoms with Crippen LogP contribution in [0.15, 0.2) is 60.9 Å². The number of rotatable bonds is 5. The predicted molar refractivity (Wildman–Crippen MR) is 103 cm³/mol. The van der Waals surface area contributed by atoms with E-state index >= 15 is 0 Å². The van der Waals surface area contributed by atoms with Gasteiger partial charge >= 0.3 is 0 Å². The molecule has 26 heavy (non-hydrogen) atoms. The van der Waals surface area contributed by atoms with E-state index in [1.165, 1.54) is 6.08 Å². The number of benzene rings is 1. The molecule has 0 aliphatic carbocycles. The molecule has 6 nitrogen and oxygen atoms in total. The highest BCUT2D eigenvalue weighted by atomic mass is 32.1. The van der Waals surface area contributed by atoms with E-state index in [1.54, 1.807) is 37.5 Å². The number of nitrogens with zero attached hydrogens (tertiary/aromatic N) is 2. The normalized spacial score (nSPS) is 10.7. The third-order valence-electron chi connectivity index (χ3n) is 3.38. The SMILES string of the molecule is Cc1nc(NC(=O)/C=C/c2ccccc2)sc1C(=O)Nc1cccnc1. The molecule has 0 unspecified atom stereocenters. The minimum atomic E-state index is -0.304. The van der Waals surface area contributed by atoms with Crippen LogP contribution >= 0.6 is 11.3 Å². The van der Waals surface area contributed by atoms with Gasteiger partial charge in [0.25, 0.3) is 5.91 Å². The van der Waals surface area contributed by atoms with E-state index in [0.717, 1.165) is 16.9 Å². The third kappa shape index (κ3) is 4.61. The van der Waals surface area contributed by atoms with Crippen molar-refractivity contribution in [2.75, 3.05) is 10.6 Å². The molecule has 2 N–H and O–H groups in total. The second kappa shape index (κ2) is 8.17. The Balaban J connectivity index is 1.65. The lowest BCUT2D eigenvalue weighted by molar-refractivity contribution is -0.111. The smallest absolute Gasteiger partial charge is 0.267 e. The Labute approximate surface area is 154 Å². The fraction of sp³-hybridized carbons (Fsp3) is 0.0526. The number of aryl methyl sites for hydroxylation is 1. The molecule has 0 radical (unpaired) electrons. The summed E-state index contributed by atoms with van der Waals surface area (Å²) in [6, 6.07) is 13.0. The van der Waals surface area contributed by atoms with Gasteiger partial charge in [-0.15, -0.1) is 0 Å². The maximum Gasteiger partial charge on any atom is 0.267 e. The van der Waals surface area contributed by atoms with E-state index < -0.39 is 0 Å². The number of aromatic nitrogens is 2. The molecule has 0 aliphatic heterocycles. The molecule has 7 heteroatoms. The highest BCUT2D eigenvalue weighted by Gasteiger charge is 2.16. The molecule has 0 spiro atoms. The summed E-state index contributed by atoms with van der Waals surface area (Å²) in [5.41, 5.74) is 2.08. The van der Waals surface area contributed by atoms with E-state index in [2.05, 4.69) is 20.6 Å². The van der Waals surface area contributed by atoms with Crippen molar-refractivity contribution in [3.05, 3.63) is 77.1 Å². The molecule has 0 fully saturated rings. The standard InChI is InChI=1S/C19H16N4O2S/c1-13-17(18(25)22-15-8-5-11-20-12-15)26-19(21-13)23-16(24)10-9-14-6-3-2-4-7-14/h2-12H,1H3,(H,22,25)(H,21,23,24)/b10-9+. The van der Waals surface area contributed by atoms with Gasteiger partial charge in [-0.2, -0.15) is 0 Å². The zero-order valence-electron chi connectivity index (χ0n) is 14.0. The first-order chi connectivity index (χ1) is 12.6. The second-order valence-corrected chi connectivity index (χ2v) is 6.36. The minimum Gasteiger partial charge on any atom is -0.320 e. The lowest BCUT2D eigenvalue weighted by Gasteiger charge is -2.02. The van der Waals surface area contributed by atoms with Gasteiger partial charge in [-0.1, -0.05) is 41.7 Å². The number of pyridine rings is 1. The Kier molecular flexibility index (Phi) is 5.50. The van der Waals surface area contributed by atoms with E-state index in [4.69, 9.17) is 0 Å². The number of thiazole rings is 1. The molecule has 1 aromatic carbocycles. The van der Waals surface area contributed by atoms with Crippen LogP contribution in [0.5, 0.6) is 0 Å². The van der Waals surface area contributed by atoms with Crippen LogP contribution in [-0.2, 0) is 4.79 Å². The molecule has 0 saturated carbocycles. The Bertz CT molecular complexity index is 937. The number of carbonyl (C=O) groups is 2. The van der Waals surface area contributed by atoms with E-state index in [9.17, 15) is 9.59 Å². The fourth-order valence-corrected chi connectivity index (χ4v) is 3.03. The Morgan fingerprint density at radius 3 is 2.62 bits per heavy atom. The van der Waals surface area contributed by atoms with E-state index in [1.807, 2.05) is 30.3 Å². The average Bonchev–Trinajstić information content (AvgIpc) is 3.02. The summed E-state index contributed by atoms with van der Waals surface area (Å²) in [5.74, 6) is -0.588. The summed E-state index contributed by atoms with van der Waals surface area (Å²) in [7, 11) is 0. The maximum atomic E-state index is 12.3. The van der Waals surface area contributed by atoms with Crippen LogP contribution in [0.3, 0.4) is 0 Å². The molecule has 2 heterocycles. The van der Waals surface area contributed by atoms with Gasteiger partial charge < -0.3 is 5.32 Å². The van der Waals surface area contributed by atoms with Gasteiger partial charge in [0.05, 0.1) is 17.6 Å². The van der Waals surface area contributed by atoms with Crippen LogP contribution in [0.25, 0.3) is 6.08 Å². The van der Waals surface area contributed by atoms with Gasteiger partial charge in [-0.05, 0) is 30.7 Å². The molecule has 0 saturated heterocycles. The van der Waals surface area contributed by atoms with Crippen molar-refractivity contribution in [1.82, 2.24) is 9.97 Å². The second-order valence-electron chi connectivity index (χ2n) is 5.36. The lowest BCUT2D eigenvalue weighted by atomic mass is 10.2. The average molecular weight is 364 g/mol. The van der Waals surface area contributed by atoms with E-state index in [-0.39, 0.29) is 11.8 Å². The Morgan fingerprint density at radius 1 is 1.08 bits per heavy atom. The first kappa shape index (κ1) is 17.5. The first-order valence-electron chi connectivity index (χ1n) is 7.85. The molecule has 3 aromatic rings. The quantitative estimate of drug-likeness (QED) is 0.675. The van der Waals surface area contributed by atoms with Gasteiger partial charge in [-0.3, -0.25) is 19.9 Å². The minimum absolute atomic E-state index is 0.284. The Morgan fingerprint density at radius 2 is 1.88 bits per heavy atom. The van der Waals surface area contributed by atoms with Crippen molar-refractivity contribution in [3.8, 4) is 0 Å². The van der Waals surface area contributed by atoms with Crippen molar-refractivity contribution < 1.29 is 9.59 Å². The lowest BCUT2D eigenvalue weighted by Crippen LogP contribution is -2.11. The summed E-state index contributed by atoms with van der Waals surface area (Å²) < 4.78 is 0. The summed E-state index contributed by atoms with van der Waals surface area (Å²) in [6.07, 6.45) is 6.34. The molecule has 130 valence electrons. The van der Waals surface area contributed by atoms with Crippen molar-refractivity contribution in [3.63, 3.8) is 0 Å². The highest BCUT2D eigenvalue weighted by molar-refractivity contribution is 7.17. The Hall–Kier alpha value is -3.32. The van der Waals surface area contributed by atoms with Crippen molar-refractivity contribution in [2.24, 2.45) is 0 Å². The number of nitrogens with one attached hydrogen (secondary N) is 2. The summed E-state index contributed by atoms with van der Waals surface area (Å²) in [4.78, 5) is 33.0. The largest absolute Gasteiger partial charge is 0.320 e. The summed E-state index contributed by atoms with van der Waals surface area (Å²) in [5, 5.41) is 5.81. The topological polar surface area (TPSA) is 84.0 Å². The molecular formula is C19H16N4O2S. The zero-order chi connectivity index (χ0) is 18.4. The summed E-state index contributed by atoms with van der Waals surface area (Å²) in [6.45, 7) is 1.73. The number of anilines is 2. The molecule has 0 atom stereocenters. The molecule has 2 amide bonds. The number of amides is 2. The molecule has 0 aliphatic rings. The molecule has 0 bridgehead atoms. The van der Waals surface area contributed by atoms with Crippen LogP contribution in [0, 0.1) is 6.92 Å². The van der Waals surface area contributed by atoms with Crippen molar-refractivity contribution >= 4 is 40.0 Å². The number of hydrogen-bond acceptors (Lipinski definition) is 5. The van der Waals surface area contributed by atoms with Gasteiger partial charge in [-0.25, -0.2) is 4.98 Å².